The molecule has 3 heteroatoms. The second-order valence-corrected chi connectivity index (χ2v) is 5.57. The van der Waals surface area contributed by atoms with Gasteiger partial charge in [-0.3, -0.25) is 4.79 Å². The summed E-state index contributed by atoms with van der Waals surface area (Å²) in [5, 5.41) is 2.84. The number of benzene rings is 1. The number of piperazine rings is 1. The Balaban J connectivity index is 2.15. The smallest absolute Gasteiger partial charge is 0.239 e. The van der Waals surface area contributed by atoms with E-state index in [1.807, 2.05) is 0 Å². The van der Waals surface area contributed by atoms with Gasteiger partial charge in [-0.1, -0.05) is 32.9 Å². The van der Waals surface area contributed by atoms with E-state index in [1.54, 1.807) is 0 Å². The topological polar surface area (TPSA) is 32.3 Å². The van der Waals surface area contributed by atoms with Crippen LogP contribution in [0.15, 0.2) is 24.3 Å². The molecular weight excluding hydrogens is 212 g/mol. The number of hydrogen-bond acceptors (Lipinski definition) is 2. The molecule has 2 rings (SSSR count). The molecule has 0 unspecified atom stereocenters. The van der Waals surface area contributed by atoms with Gasteiger partial charge in [0.05, 0.1) is 6.54 Å². The Bertz CT molecular complexity index is 403. The van der Waals surface area contributed by atoms with Gasteiger partial charge in [-0.15, -0.1) is 0 Å². The summed E-state index contributed by atoms with van der Waals surface area (Å²) in [6, 6.07) is 8.53. The lowest BCUT2D eigenvalue weighted by Gasteiger charge is -2.29. The van der Waals surface area contributed by atoms with Crippen LogP contribution in [0.5, 0.6) is 0 Å². The fourth-order valence-electron chi connectivity index (χ4n) is 2.03. The molecule has 0 aliphatic carbocycles. The van der Waals surface area contributed by atoms with Crippen molar-refractivity contribution < 1.29 is 4.79 Å². The standard InChI is InChI=1S/C14H20N2O/c1-14(2,3)11-4-6-12(7-5-11)16-9-8-15-13(17)10-16/h4-7H,8-10H2,1-3H3,(H,15,17). The summed E-state index contributed by atoms with van der Waals surface area (Å²) in [4.78, 5) is 13.4. The van der Waals surface area contributed by atoms with E-state index in [4.69, 9.17) is 0 Å². The Labute approximate surface area is 103 Å². The van der Waals surface area contributed by atoms with Crippen LogP contribution < -0.4 is 10.2 Å². The molecule has 0 radical (unpaired) electrons. The summed E-state index contributed by atoms with van der Waals surface area (Å²) in [6.07, 6.45) is 0. The molecule has 92 valence electrons. The van der Waals surface area contributed by atoms with Gasteiger partial charge in [-0.05, 0) is 23.1 Å². The van der Waals surface area contributed by atoms with Crippen molar-refractivity contribution in [3.63, 3.8) is 0 Å². The molecular formula is C14H20N2O. The highest BCUT2D eigenvalue weighted by Crippen LogP contribution is 2.25. The molecule has 1 aromatic rings. The van der Waals surface area contributed by atoms with Crippen LogP contribution >= 0.6 is 0 Å². The van der Waals surface area contributed by atoms with Crippen LogP contribution in [0.2, 0.25) is 0 Å². The fraction of sp³-hybridized carbons (Fsp3) is 0.500. The zero-order valence-electron chi connectivity index (χ0n) is 10.8. The van der Waals surface area contributed by atoms with Crippen LogP contribution in [0.4, 0.5) is 5.69 Å². The first kappa shape index (κ1) is 12.0. The molecule has 1 N–H and O–H groups in total. The third-order valence-corrected chi connectivity index (χ3v) is 3.14. The van der Waals surface area contributed by atoms with Gasteiger partial charge in [-0.25, -0.2) is 0 Å². The van der Waals surface area contributed by atoms with Crippen molar-refractivity contribution in [2.24, 2.45) is 0 Å². The zero-order chi connectivity index (χ0) is 12.5. The largest absolute Gasteiger partial charge is 0.360 e. The first-order chi connectivity index (χ1) is 7.97. The maximum Gasteiger partial charge on any atom is 0.239 e. The van der Waals surface area contributed by atoms with Gasteiger partial charge >= 0.3 is 0 Å². The van der Waals surface area contributed by atoms with Crippen molar-refractivity contribution in [1.82, 2.24) is 5.32 Å². The summed E-state index contributed by atoms with van der Waals surface area (Å²) in [5.41, 5.74) is 2.63. The molecule has 1 heterocycles. The van der Waals surface area contributed by atoms with Crippen LogP contribution in [0.1, 0.15) is 26.3 Å². The molecule has 1 aliphatic rings. The number of nitrogens with zero attached hydrogens (tertiary/aromatic N) is 1. The van der Waals surface area contributed by atoms with Crippen molar-refractivity contribution >= 4 is 11.6 Å². The number of rotatable bonds is 1. The maximum absolute atomic E-state index is 11.3. The average molecular weight is 232 g/mol. The first-order valence-electron chi connectivity index (χ1n) is 6.09. The van der Waals surface area contributed by atoms with Crippen LogP contribution in [0, 0.1) is 0 Å². The molecule has 0 atom stereocenters. The number of carbonyl (C=O) groups is 1. The SMILES string of the molecule is CC(C)(C)c1ccc(N2CCNC(=O)C2)cc1. The van der Waals surface area contributed by atoms with Crippen LogP contribution in [0.3, 0.4) is 0 Å². The van der Waals surface area contributed by atoms with Crippen molar-refractivity contribution in [2.75, 3.05) is 24.5 Å². The van der Waals surface area contributed by atoms with E-state index in [0.717, 1.165) is 18.8 Å². The molecule has 17 heavy (non-hydrogen) atoms. The van der Waals surface area contributed by atoms with Crippen molar-refractivity contribution in [2.45, 2.75) is 26.2 Å². The highest BCUT2D eigenvalue weighted by atomic mass is 16.2. The first-order valence-corrected chi connectivity index (χ1v) is 6.09. The van der Waals surface area contributed by atoms with E-state index in [-0.39, 0.29) is 11.3 Å². The van der Waals surface area contributed by atoms with Crippen LogP contribution in [0.25, 0.3) is 0 Å². The van der Waals surface area contributed by atoms with Crippen LogP contribution in [-0.4, -0.2) is 25.5 Å². The summed E-state index contributed by atoms with van der Waals surface area (Å²) in [7, 11) is 0. The summed E-state index contributed by atoms with van der Waals surface area (Å²) >= 11 is 0. The predicted molar refractivity (Wildman–Crippen MR) is 70.4 cm³/mol. The van der Waals surface area contributed by atoms with Gasteiger partial charge in [-0.2, -0.15) is 0 Å². The van der Waals surface area contributed by atoms with E-state index in [1.165, 1.54) is 5.56 Å². The molecule has 0 bridgehead atoms. The minimum Gasteiger partial charge on any atom is -0.360 e. The Kier molecular flexibility index (Phi) is 3.09. The molecule has 1 fully saturated rings. The molecule has 1 amide bonds. The zero-order valence-corrected chi connectivity index (χ0v) is 10.8. The third kappa shape index (κ3) is 2.78. The van der Waals surface area contributed by atoms with Crippen molar-refractivity contribution in [1.29, 1.82) is 0 Å². The molecule has 0 saturated carbocycles. The number of nitrogens with one attached hydrogen (secondary N) is 1. The van der Waals surface area contributed by atoms with Gasteiger partial charge < -0.3 is 10.2 Å². The lowest BCUT2D eigenvalue weighted by Crippen LogP contribution is -2.47. The molecule has 1 aliphatic heterocycles. The van der Waals surface area contributed by atoms with Crippen molar-refractivity contribution in [3.05, 3.63) is 29.8 Å². The lowest BCUT2D eigenvalue weighted by molar-refractivity contribution is -0.120. The maximum atomic E-state index is 11.3. The number of amides is 1. The normalized spacial score (nSPS) is 16.9. The van der Waals surface area contributed by atoms with E-state index in [9.17, 15) is 4.79 Å². The molecule has 0 aromatic heterocycles. The Morgan fingerprint density at radius 1 is 1.18 bits per heavy atom. The summed E-state index contributed by atoms with van der Waals surface area (Å²) in [5.74, 6) is 0.108. The Hall–Kier alpha value is -1.51. The highest BCUT2D eigenvalue weighted by molar-refractivity contribution is 5.82. The second-order valence-electron chi connectivity index (χ2n) is 5.57. The Morgan fingerprint density at radius 2 is 1.82 bits per heavy atom. The minimum absolute atomic E-state index is 0.108. The van der Waals surface area contributed by atoms with Gasteiger partial charge in [0, 0.05) is 18.8 Å². The summed E-state index contributed by atoms with van der Waals surface area (Å²) in [6.45, 7) is 8.71. The molecule has 0 spiro atoms. The van der Waals surface area contributed by atoms with Crippen molar-refractivity contribution in [3.8, 4) is 0 Å². The average Bonchev–Trinajstić information content (AvgIpc) is 2.28. The van der Waals surface area contributed by atoms with Gasteiger partial charge in [0.1, 0.15) is 0 Å². The highest BCUT2D eigenvalue weighted by Gasteiger charge is 2.17. The third-order valence-electron chi connectivity index (χ3n) is 3.14. The fourth-order valence-corrected chi connectivity index (χ4v) is 2.03. The lowest BCUT2D eigenvalue weighted by atomic mass is 9.87. The number of carbonyl (C=O) groups excluding carboxylic acids is 1. The second kappa shape index (κ2) is 4.40. The number of anilines is 1. The summed E-state index contributed by atoms with van der Waals surface area (Å²) < 4.78 is 0. The monoisotopic (exact) mass is 232 g/mol. The minimum atomic E-state index is 0.108. The van der Waals surface area contributed by atoms with Gasteiger partial charge in [0.15, 0.2) is 0 Å². The van der Waals surface area contributed by atoms with Crippen LogP contribution in [-0.2, 0) is 10.2 Å². The number of hydrogen-bond donors (Lipinski definition) is 1. The van der Waals surface area contributed by atoms with Gasteiger partial charge in [0.25, 0.3) is 0 Å². The quantitative estimate of drug-likeness (QED) is 0.802. The Morgan fingerprint density at radius 3 is 2.35 bits per heavy atom. The molecule has 1 aromatic carbocycles. The predicted octanol–water partition coefficient (Wildman–Crippen LogP) is 1.92. The molecule has 1 saturated heterocycles. The van der Waals surface area contributed by atoms with E-state index >= 15 is 0 Å². The van der Waals surface area contributed by atoms with Gasteiger partial charge in [0.2, 0.25) is 5.91 Å². The molecule has 3 nitrogen and oxygen atoms in total. The van der Waals surface area contributed by atoms with E-state index < -0.39 is 0 Å². The van der Waals surface area contributed by atoms with E-state index in [2.05, 4.69) is 55.3 Å². The van der Waals surface area contributed by atoms with E-state index in [0.29, 0.717) is 6.54 Å².